The average Bonchev–Trinajstić information content (AvgIpc) is 3.02. The van der Waals surface area contributed by atoms with Crippen molar-refractivity contribution in [2.75, 3.05) is 23.4 Å². The Morgan fingerprint density at radius 3 is 2.81 bits per heavy atom. The van der Waals surface area contributed by atoms with Gasteiger partial charge in [0.25, 0.3) is 5.91 Å². The molecule has 1 fully saturated rings. The van der Waals surface area contributed by atoms with Gasteiger partial charge in [-0.05, 0) is 42.8 Å². The highest BCUT2D eigenvalue weighted by atomic mass is 79.9. The second-order valence-electron chi connectivity index (χ2n) is 5.72. The molecule has 0 aromatic heterocycles. The number of halogens is 3. The lowest BCUT2D eigenvalue weighted by molar-refractivity contribution is -0.118. The van der Waals surface area contributed by atoms with Gasteiger partial charge in [0.05, 0.1) is 10.7 Å². The zero-order chi connectivity index (χ0) is 18.7. The van der Waals surface area contributed by atoms with Gasteiger partial charge in [-0.1, -0.05) is 27.5 Å². The number of nitrogens with zero attached hydrogens (tertiary/aromatic N) is 1. The van der Waals surface area contributed by atoms with Crippen molar-refractivity contribution in [2.45, 2.75) is 12.8 Å². The fourth-order valence-corrected chi connectivity index (χ4v) is 3.12. The second-order valence-corrected chi connectivity index (χ2v) is 7.05. The van der Waals surface area contributed by atoms with Gasteiger partial charge in [0.2, 0.25) is 5.91 Å². The van der Waals surface area contributed by atoms with Crippen LogP contribution in [0.4, 0.5) is 15.8 Å². The van der Waals surface area contributed by atoms with Gasteiger partial charge in [0.15, 0.2) is 18.2 Å². The molecule has 1 aliphatic heterocycles. The third kappa shape index (κ3) is 4.34. The number of hydrogen-bond donors (Lipinski definition) is 1. The Morgan fingerprint density at radius 2 is 2.12 bits per heavy atom. The van der Waals surface area contributed by atoms with E-state index in [9.17, 15) is 14.0 Å². The van der Waals surface area contributed by atoms with Crippen molar-refractivity contribution in [1.82, 2.24) is 0 Å². The first kappa shape index (κ1) is 18.7. The van der Waals surface area contributed by atoms with Crippen LogP contribution < -0.4 is 15.0 Å². The average molecular weight is 442 g/mol. The molecule has 26 heavy (non-hydrogen) atoms. The molecule has 1 N–H and O–H groups in total. The van der Waals surface area contributed by atoms with Gasteiger partial charge in [-0.15, -0.1) is 0 Å². The number of benzene rings is 2. The molecule has 8 heteroatoms. The smallest absolute Gasteiger partial charge is 0.262 e. The van der Waals surface area contributed by atoms with Crippen LogP contribution in [-0.2, 0) is 9.59 Å². The van der Waals surface area contributed by atoms with Gasteiger partial charge in [-0.2, -0.15) is 0 Å². The Bertz CT molecular complexity index is 862. The minimum absolute atomic E-state index is 0.0224. The predicted octanol–water partition coefficient (Wildman–Crippen LogP) is 4.39. The largest absolute Gasteiger partial charge is 0.481 e. The fourth-order valence-electron chi connectivity index (χ4n) is 2.62. The van der Waals surface area contributed by atoms with Crippen LogP contribution in [0.5, 0.6) is 5.75 Å². The molecular weight excluding hydrogens is 427 g/mol. The summed E-state index contributed by atoms with van der Waals surface area (Å²) in [6.45, 7) is 0.265. The zero-order valence-corrected chi connectivity index (χ0v) is 15.9. The molecule has 0 bridgehead atoms. The Kier molecular flexibility index (Phi) is 5.78. The summed E-state index contributed by atoms with van der Waals surface area (Å²) >= 11 is 9.27. The van der Waals surface area contributed by atoms with Gasteiger partial charge >= 0.3 is 0 Å². The summed E-state index contributed by atoms with van der Waals surface area (Å²) < 4.78 is 19.5. The monoisotopic (exact) mass is 440 g/mol. The summed E-state index contributed by atoms with van der Waals surface area (Å²) in [7, 11) is 0. The molecule has 0 spiro atoms. The van der Waals surface area contributed by atoms with Gasteiger partial charge < -0.3 is 15.0 Å². The molecule has 136 valence electrons. The van der Waals surface area contributed by atoms with Gasteiger partial charge in [-0.25, -0.2) is 4.39 Å². The number of anilines is 2. The van der Waals surface area contributed by atoms with E-state index in [4.69, 9.17) is 16.3 Å². The van der Waals surface area contributed by atoms with Crippen LogP contribution in [0, 0.1) is 5.82 Å². The molecular formula is C18H15BrClFN2O3. The first-order valence-corrected chi connectivity index (χ1v) is 9.09. The third-order valence-corrected chi connectivity index (χ3v) is 4.68. The van der Waals surface area contributed by atoms with Crippen LogP contribution in [0.3, 0.4) is 0 Å². The Morgan fingerprint density at radius 1 is 1.31 bits per heavy atom. The van der Waals surface area contributed by atoms with E-state index >= 15 is 0 Å². The van der Waals surface area contributed by atoms with Crippen molar-refractivity contribution >= 4 is 50.7 Å². The van der Waals surface area contributed by atoms with E-state index in [1.165, 1.54) is 12.1 Å². The first-order valence-electron chi connectivity index (χ1n) is 7.91. The highest BCUT2D eigenvalue weighted by Gasteiger charge is 2.22. The van der Waals surface area contributed by atoms with Crippen molar-refractivity contribution in [1.29, 1.82) is 0 Å². The number of carbonyl (C=O) groups is 2. The van der Waals surface area contributed by atoms with E-state index in [0.717, 1.165) is 6.42 Å². The molecule has 5 nitrogen and oxygen atoms in total. The molecule has 1 heterocycles. The maximum atomic E-state index is 13.7. The predicted molar refractivity (Wildman–Crippen MR) is 101 cm³/mol. The lowest BCUT2D eigenvalue weighted by atomic mass is 10.2. The number of carbonyl (C=O) groups excluding carboxylic acids is 2. The van der Waals surface area contributed by atoms with Crippen molar-refractivity contribution in [2.24, 2.45) is 0 Å². The van der Waals surface area contributed by atoms with Crippen LogP contribution in [0.1, 0.15) is 12.8 Å². The van der Waals surface area contributed by atoms with Crippen LogP contribution >= 0.6 is 27.5 Å². The first-order chi connectivity index (χ1) is 12.4. The molecule has 0 unspecified atom stereocenters. The summed E-state index contributed by atoms with van der Waals surface area (Å²) in [5, 5.41) is 2.96. The summed E-state index contributed by atoms with van der Waals surface area (Å²) in [4.78, 5) is 25.6. The number of ether oxygens (including phenoxy) is 1. The van der Waals surface area contributed by atoms with Crippen LogP contribution in [0.25, 0.3) is 0 Å². The topological polar surface area (TPSA) is 58.6 Å². The summed E-state index contributed by atoms with van der Waals surface area (Å²) in [5.41, 5.74) is 1.04. The molecule has 0 saturated carbocycles. The molecule has 0 radical (unpaired) electrons. The van der Waals surface area contributed by atoms with E-state index in [2.05, 4.69) is 21.2 Å². The summed E-state index contributed by atoms with van der Waals surface area (Å²) in [6.07, 6.45) is 1.31. The van der Waals surface area contributed by atoms with Gasteiger partial charge in [0, 0.05) is 23.1 Å². The molecule has 0 atom stereocenters. The van der Waals surface area contributed by atoms with Crippen molar-refractivity contribution < 1.29 is 18.7 Å². The second kappa shape index (κ2) is 8.05. The normalized spacial score (nSPS) is 13.8. The summed E-state index contributed by atoms with van der Waals surface area (Å²) in [5.74, 6) is -1.04. The van der Waals surface area contributed by atoms with E-state index in [-0.39, 0.29) is 18.3 Å². The van der Waals surface area contributed by atoms with Gasteiger partial charge in [0.1, 0.15) is 0 Å². The molecule has 1 saturated heterocycles. The minimum atomic E-state index is -0.570. The maximum absolute atomic E-state index is 13.7. The zero-order valence-electron chi connectivity index (χ0n) is 13.6. The highest BCUT2D eigenvalue weighted by Crippen LogP contribution is 2.30. The molecule has 0 aliphatic carbocycles. The summed E-state index contributed by atoms with van der Waals surface area (Å²) in [6, 6.07) is 9.29. The molecule has 2 aromatic carbocycles. The number of amides is 2. The van der Waals surface area contributed by atoms with E-state index in [0.29, 0.717) is 33.8 Å². The minimum Gasteiger partial charge on any atom is -0.481 e. The van der Waals surface area contributed by atoms with E-state index < -0.39 is 11.7 Å². The van der Waals surface area contributed by atoms with Crippen molar-refractivity contribution in [3.05, 3.63) is 51.7 Å². The van der Waals surface area contributed by atoms with Gasteiger partial charge in [-0.3, -0.25) is 9.59 Å². The van der Waals surface area contributed by atoms with Crippen LogP contribution in [0.15, 0.2) is 40.9 Å². The lowest BCUT2D eigenvalue weighted by Crippen LogP contribution is -2.24. The Balaban J connectivity index is 1.66. The molecule has 2 aromatic rings. The standard InChI is InChI=1S/C18H15BrClFN2O3/c19-11-3-6-16(14(21)8-11)26-10-17(24)22-15-9-12(4-5-13(15)20)23-7-1-2-18(23)25/h3-6,8-9H,1-2,7,10H2,(H,22,24). The van der Waals surface area contributed by atoms with Crippen molar-refractivity contribution in [3.63, 3.8) is 0 Å². The SMILES string of the molecule is O=C(COc1ccc(Br)cc1F)Nc1cc(N2CCCC2=O)ccc1Cl. The number of nitrogens with one attached hydrogen (secondary N) is 1. The fraction of sp³-hybridized carbons (Fsp3) is 0.222. The molecule has 2 amide bonds. The van der Waals surface area contributed by atoms with E-state index in [1.54, 1.807) is 29.2 Å². The Hall–Kier alpha value is -2.12. The molecule has 3 rings (SSSR count). The maximum Gasteiger partial charge on any atom is 0.262 e. The lowest BCUT2D eigenvalue weighted by Gasteiger charge is -2.17. The highest BCUT2D eigenvalue weighted by molar-refractivity contribution is 9.10. The number of hydrogen-bond acceptors (Lipinski definition) is 3. The quantitative estimate of drug-likeness (QED) is 0.749. The van der Waals surface area contributed by atoms with Crippen LogP contribution in [0.2, 0.25) is 5.02 Å². The number of rotatable bonds is 5. The third-order valence-electron chi connectivity index (χ3n) is 3.86. The molecule has 1 aliphatic rings. The van der Waals surface area contributed by atoms with Crippen molar-refractivity contribution in [3.8, 4) is 5.75 Å². The Labute approximate surface area is 163 Å². The van der Waals surface area contributed by atoms with Crippen LogP contribution in [-0.4, -0.2) is 25.0 Å². The van der Waals surface area contributed by atoms with E-state index in [1.807, 2.05) is 0 Å².